The molecule has 12 aromatic rings. The Labute approximate surface area is 362 Å². The Morgan fingerprint density at radius 2 is 0.790 bits per heavy atom. The summed E-state index contributed by atoms with van der Waals surface area (Å²) in [6.07, 6.45) is 0. The third kappa shape index (κ3) is 6.09. The minimum Gasteiger partial charge on any atom is -0.309 e. The van der Waals surface area contributed by atoms with Gasteiger partial charge in [0.05, 0.1) is 16.7 Å². The molecule has 0 fully saturated rings. The average molecular weight is 809 g/mol. The molecule has 0 aliphatic rings. The van der Waals surface area contributed by atoms with E-state index in [2.05, 4.69) is 205 Å². The second-order valence-corrected chi connectivity index (χ2v) is 16.6. The Bertz CT molecular complexity index is 3570. The Hall–Kier alpha value is -7.99. The Balaban J connectivity index is 0.997. The van der Waals surface area contributed by atoms with E-state index in [1.165, 1.54) is 59.5 Å². The smallest absolute Gasteiger partial charge is 0.165 e. The van der Waals surface area contributed by atoms with Crippen LogP contribution in [0.5, 0.6) is 0 Å². The van der Waals surface area contributed by atoms with Crippen molar-refractivity contribution < 1.29 is 0 Å². The van der Waals surface area contributed by atoms with Crippen LogP contribution in [0.2, 0.25) is 0 Å². The van der Waals surface area contributed by atoms with Crippen molar-refractivity contribution in [2.75, 3.05) is 0 Å². The van der Waals surface area contributed by atoms with Crippen molar-refractivity contribution in [3.63, 3.8) is 0 Å². The number of para-hydroxylation sites is 3. The van der Waals surface area contributed by atoms with Gasteiger partial charge in [0, 0.05) is 53.2 Å². The predicted octanol–water partition coefficient (Wildman–Crippen LogP) is 15.3. The van der Waals surface area contributed by atoms with Gasteiger partial charge in [0.15, 0.2) is 17.5 Å². The highest BCUT2D eigenvalue weighted by atomic mass is 32.1. The number of thiophene rings is 1. The van der Waals surface area contributed by atoms with Crippen molar-refractivity contribution in [2.45, 2.75) is 0 Å². The summed E-state index contributed by atoms with van der Waals surface area (Å²) in [6, 6.07) is 77.4. The molecule has 4 nitrogen and oxygen atoms in total. The van der Waals surface area contributed by atoms with E-state index in [9.17, 15) is 0 Å². The van der Waals surface area contributed by atoms with Crippen LogP contribution in [0.25, 0.3) is 115 Å². The van der Waals surface area contributed by atoms with Crippen LogP contribution in [0.15, 0.2) is 218 Å². The van der Waals surface area contributed by atoms with Crippen LogP contribution >= 0.6 is 11.3 Å². The third-order valence-electron chi connectivity index (χ3n) is 11.9. The van der Waals surface area contributed by atoms with E-state index in [1.54, 1.807) is 11.3 Å². The summed E-state index contributed by atoms with van der Waals surface area (Å²) in [6.45, 7) is 0. The fourth-order valence-corrected chi connectivity index (χ4v) is 10.2. The van der Waals surface area contributed by atoms with Gasteiger partial charge in [-0.25, -0.2) is 15.0 Å². The van der Waals surface area contributed by atoms with Gasteiger partial charge in [-0.2, -0.15) is 0 Å². The van der Waals surface area contributed by atoms with Gasteiger partial charge >= 0.3 is 0 Å². The molecule has 9 aromatic carbocycles. The molecule has 0 bridgehead atoms. The first-order chi connectivity index (χ1) is 30.7. The van der Waals surface area contributed by atoms with E-state index < -0.39 is 0 Å². The van der Waals surface area contributed by atoms with E-state index in [0.29, 0.717) is 17.5 Å². The van der Waals surface area contributed by atoms with Gasteiger partial charge in [-0.3, -0.25) is 0 Å². The van der Waals surface area contributed by atoms with Crippen LogP contribution in [-0.2, 0) is 0 Å². The van der Waals surface area contributed by atoms with E-state index in [-0.39, 0.29) is 0 Å². The molecule has 0 atom stereocenters. The van der Waals surface area contributed by atoms with Crippen molar-refractivity contribution in [1.29, 1.82) is 0 Å². The normalized spacial score (nSPS) is 11.5. The maximum absolute atomic E-state index is 5.24. The van der Waals surface area contributed by atoms with Crippen LogP contribution in [0.3, 0.4) is 0 Å². The van der Waals surface area contributed by atoms with Crippen molar-refractivity contribution in [2.24, 2.45) is 0 Å². The first-order valence-corrected chi connectivity index (χ1v) is 21.7. The quantitative estimate of drug-likeness (QED) is 0.161. The summed E-state index contributed by atoms with van der Waals surface area (Å²) < 4.78 is 4.78. The summed E-state index contributed by atoms with van der Waals surface area (Å²) in [7, 11) is 0. The lowest BCUT2D eigenvalue weighted by atomic mass is 9.97. The van der Waals surface area contributed by atoms with Crippen LogP contribution in [0.1, 0.15) is 0 Å². The van der Waals surface area contributed by atoms with E-state index >= 15 is 0 Å². The Morgan fingerprint density at radius 1 is 0.323 bits per heavy atom. The number of rotatable bonds is 7. The molecular weight excluding hydrogens is 773 g/mol. The topological polar surface area (TPSA) is 43.6 Å². The standard InChI is InChI=1S/C57H36N4S/c1-3-16-37(17-4-1)41-20-13-21-42(36-41)38-32-34-40(35-33-38)56-58-55(39-18-5-2-6-19-39)59-57(60-56)48-27-14-26-47-53-46(25-15-31-52(53)62-54(47)48)45-24-9-12-30-51(45)61-49-28-10-7-22-43(49)44-23-8-11-29-50(44)61/h1-36H. The monoisotopic (exact) mass is 808 g/mol. The van der Waals surface area contributed by atoms with Gasteiger partial charge in [0.25, 0.3) is 0 Å². The van der Waals surface area contributed by atoms with Crippen molar-refractivity contribution >= 4 is 53.3 Å². The molecule has 0 aliphatic heterocycles. The lowest BCUT2D eigenvalue weighted by molar-refractivity contribution is 1.08. The zero-order valence-corrected chi connectivity index (χ0v) is 34.3. The van der Waals surface area contributed by atoms with E-state index in [0.717, 1.165) is 38.2 Å². The lowest BCUT2D eigenvalue weighted by Gasteiger charge is -2.15. The van der Waals surface area contributed by atoms with Crippen LogP contribution < -0.4 is 0 Å². The molecule has 62 heavy (non-hydrogen) atoms. The van der Waals surface area contributed by atoms with Gasteiger partial charge in [0.1, 0.15) is 0 Å². The van der Waals surface area contributed by atoms with Crippen LogP contribution in [0, 0.1) is 0 Å². The highest BCUT2D eigenvalue weighted by molar-refractivity contribution is 7.26. The summed E-state index contributed by atoms with van der Waals surface area (Å²) in [5, 5.41) is 4.91. The number of fused-ring (bicyclic) bond motifs is 6. The number of benzene rings is 9. The molecule has 0 aliphatic carbocycles. The highest BCUT2D eigenvalue weighted by Crippen LogP contribution is 2.45. The summed E-state index contributed by atoms with van der Waals surface area (Å²) in [5.41, 5.74) is 13.5. The maximum Gasteiger partial charge on any atom is 0.165 e. The number of aromatic nitrogens is 4. The first-order valence-electron chi connectivity index (χ1n) is 20.9. The largest absolute Gasteiger partial charge is 0.309 e. The predicted molar refractivity (Wildman–Crippen MR) is 260 cm³/mol. The van der Waals surface area contributed by atoms with Gasteiger partial charge in [-0.1, -0.05) is 182 Å². The second-order valence-electron chi connectivity index (χ2n) is 15.5. The minimum atomic E-state index is 0.636. The molecule has 290 valence electrons. The minimum absolute atomic E-state index is 0.636. The Morgan fingerprint density at radius 3 is 1.50 bits per heavy atom. The van der Waals surface area contributed by atoms with Crippen molar-refractivity contribution in [1.82, 2.24) is 19.5 Å². The van der Waals surface area contributed by atoms with Gasteiger partial charge in [-0.05, 0) is 64.2 Å². The molecule has 0 spiro atoms. The summed E-state index contributed by atoms with van der Waals surface area (Å²) >= 11 is 1.80. The van der Waals surface area contributed by atoms with Crippen LogP contribution in [0.4, 0.5) is 0 Å². The molecule has 0 saturated carbocycles. The molecule has 0 radical (unpaired) electrons. The van der Waals surface area contributed by atoms with Crippen molar-refractivity contribution in [3.8, 4) is 73.2 Å². The fraction of sp³-hybridized carbons (Fsp3) is 0. The van der Waals surface area contributed by atoms with E-state index in [4.69, 9.17) is 15.0 Å². The molecule has 0 saturated heterocycles. The Kier molecular flexibility index (Phi) is 8.65. The zero-order chi connectivity index (χ0) is 41.0. The molecule has 0 N–H and O–H groups in total. The van der Waals surface area contributed by atoms with Gasteiger partial charge in [-0.15, -0.1) is 11.3 Å². The molecule has 0 unspecified atom stereocenters. The number of hydrogen-bond donors (Lipinski definition) is 0. The number of hydrogen-bond acceptors (Lipinski definition) is 4. The maximum atomic E-state index is 5.24. The average Bonchev–Trinajstić information content (AvgIpc) is 3.91. The fourth-order valence-electron chi connectivity index (χ4n) is 8.99. The van der Waals surface area contributed by atoms with Gasteiger partial charge in [0.2, 0.25) is 0 Å². The molecular formula is C57H36N4S. The summed E-state index contributed by atoms with van der Waals surface area (Å²) in [4.78, 5) is 15.5. The van der Waals surface area contributed by atoms with E-state index in [1.807, 2.05) is 18.2 Å². The molecule has 3 heterocycles. The van der Waals surface area contributed by atoms with Crippen molar-refractivity contribution in [3.05, 3.63) is 218 Å². The zero-order valence-electron chi connectivity index (χ0n) is 33.5. The van der Waals surface area contributed by atoms with Crippen LogP contribution in [-0.4, -0.2) is 19.5 Å². The summed E-state index contributed by atoms with van der Waals surface area (Å²) in [5.74, 6) is 1.93. The molecule has 5 heteroatoms. The van der Waals surface area contributed by atoms with Gasteiger partial charge < -0.3 is 4.57 Å². The highest BCUT2D eigenvalue weighted by Gasteiger charge is 2.21. The SMILES string of the molecule is c1ccc(-c2cccc(-c3ccc(-c4nc(-c5ccccc5)nc(-c5cccc6c5sc5cccc(-c7ccccc7-n7c8ccccc8c8ccccc87)c56)n4)cc3)c2)cc1. The second kappa shape index (κ2) is 14.9. The first kappa shape index (κ1) is 35.9. The number of nitrogens with zero attached hydrogens (tertiary/aromatic N) is 4. The molecule has 12 rings (SSSR count). The molecule has 0 amide bonds. The lowest BCUT2D eigenvalue weighted by Crippen LogP contribution is -2.00. The third-order valence-corrected chi connectivity index (χ3v) is 13.1. The molecule has 3 aromatic heterocycles.